The number of hydrogen-bond acceptors (Lipinski definition) is 2. The van der Waals surface area contributed by atoms with Crippen LogP contribution in [0.1, 0.15) is 46.7 Å². The van der Waals surface area contributed by atoms with Crippen LogP contribution < -0.4 is 5.32 Å². The molecule has 5 heteroatoms. The average molecular weight is 445 g/mol. The Balaban J connectivity index is 1.81. The van der Waals surface area contributed by atoms with E-state index in [1.165, 1.54) is 46.2 Å². The van der Waals surface area contributed by atoms with E-state index in [-0.39, 0.29) is 0 Å². The molecule has 0 radical (unpaired) electrons. The Hall–Kier alpha value is -1.36. The summed E-state index contributed by atoms with van der Waals surface area (Å²) in [5, 5.41) is 5.68. The highest BCUT2D eigenvalue weighted by Gasteiger charge is 2.35. The molecule has 1 fully saturated rings. The number of H-pyrrole nitrogens is 1. The largest absolute Gasteiger partial charge is 0.360 e. The second-order valence-corrected chi connectivity index (χ2v) is 9.24. The third-order valence-corrected chi connectivity index (χ3v) is 7.06. The Bertz CT molecular complexity index is 1020. The van der Waals surface area contributed by atoms with Crippen LogP contribution in [-0.4, -0.2) is 23.1 Å². The summed E-state index contributed by atoms with van der Waals surface area (Å²) in [6.45, 7) is 4.37. The van der Waals surface area contributed by atoms with Crippen LogP contribution in [-0.2, 0) is 12.8 Å². The van der Waals surface area contributed by atoms with Crippen molar-refractivity contribution in [2.24, 2.45) is 5.92 Å². The summed E-state index contributed by atoms with van der Waals surface area (Å²) in [4.78, 5) is 8.38. The van der Waals surface area contributed by atoms with Crippen LogP contribution in [0.25, 0.3) is 10.9 Å². The number of nitrogens with zero attached hydrogens (tertiary/aromatic N) is 1. The number of piperidine rings is 1. The third kappa shape index (κ3) is 2.93. The minimum absolute atomic E-state index is 0.335. The van der Waals surface area contributed by atoms with E-state index < -0.39 is 0 Å². The van der Waals surface area contributed by atoms with E-state index in [2.05, 4.69) is 51.5 Å². The molecule has 27 heavy (non-hydrogen) atoms. The summed E-state index contributed by atoms with van der Waals surface area (Å²) in [5.74, 6) is 0.941. The lowest BCUT2D eigenvalue weighted by Crippen LogP contribution is -2.32. The van der Waals surface area contributed by atoms with Gasteiger partial charge in [-0.1, -0.05) is 11.6 Å². The Kier molecular flexibility index (Phi) is 4.53. The molecule has 2 aliphatic rings. The minimum atomic E-state index is 0.335. The van der Waals surface area contributed by atoms with Gasteiger partial charge in [0.1, 0.15) is 0 Å². The summed E-state index contributed by atoms with van der Waals surface area (Å²) in [5.41, 5.74) is 7.87. The fraction of sp³-hybridized carbons (Fsp3) is 0.409. The molecule has 1 saturated heterocycles. The summed E-state index contributed by atoms with van der Waals surface area (Å²) in [6.07, 6.45) is 8.47. The van der Waals surface area contributed by atoms with E-state index in [0.717, 1.165) is 40.9 Å². The number of aryl methyl sites for hydroxylation is 3. The standard InChI is InChI=1S/C22H23BrClN3/c1-12-10-26-22-17(24)9-14-2-3-15-8-16(23)11-27-21(15)20(19(14)18(12)22)13-4-6-25-7-5-13/h8-11,13,20,25-26H,2-7H2,1H3. The van der Waals surface area contributed by atoms with E-state index in [4.69, 9.17) is 16.6 Å². The highest BCUT2D eigenvalue weighted by molar-refractivity contribution is 9.10. The molecule has 3 heterocycles. The second kappa shape index (κ2) is 6.91. The molecule has 3 aromatic rings. The molecular formula is C22H23BrClN3. The van der Waals surface area contributed by atoms with Crippen molar-refractivity contribution in [2.45, 2.75) is 38.5 Å². The van der Waals surface area contributed by atoms with E-state index in [1.54, 1.807) is 0 Å². The minimum Gasteiger partial charge on any atom is -0.360 e. The lowest BCUT2D eigenvalue weighted by atomic mass is 9.75. The average Bonchev–Trinajstić information content (AvgIpc) is 2.99. The summed E-state index contributed by atoms with van der Waals surface area (Å²) in [6, 6.07) is 4.47. The van der Waals surface area contributed by atoms with Gasteiger partial charge in [-0.3, -0.25) is 4.98 Å². The van der Waals surface area contributed by atoms with Gasteiger partial charge < -0.3 is 10.3 Å². The normalized spacial score (nSPS) is 20.3. The van der Waals surface area contributed by atoms with Crippen LogP contribution in [0, 0.1) is 12.8 Å². The van der Waals surface area contributed by atoms with Crippen molar-refractivity contribution in [3.8, 4) is 0 Å². The zero-order valence-electron chi connectivity index (χ0n) is 15.4. The van der Waals surface area contributed by atoms with Crippen LogP contribution >= 0.6 is 27.5 Å². The summed E-state index contributed by atoms with van der Waals surface area (Å²) in [7, 11) is 0. The number of rotatable bonds is 1. The van der Waals surface area contributed by atoms with E-state index in [9.17, 15) is 0 Å². The van der Waals surface area contributed by atoms with Crippen molar-refractivity contribution in [1.29, 1.82) is 0 Å². The fourth-order valence-electron chi connectivity index (χ4n) is 5.10. The van der Waals surface area contributed by atoms with Crippen molar-refractivity contribution < 1.29 is 0 Å². The highest BCUT2D eigenvalue weighted by Crippen LogP contribution is 2.46. The Morgan fingerprint density at radius 1 is 1.15 bits per heavy atom. The maximum absolute atomic E-state index is 6.67. The predicted octanol–water partition coefficient (Wildman–Crippen LogP) is 5.52. The Labute approximate surface area is 173 Å². The van der Waals surface area contributed by atoms with Gasteiger partial charge in [-0.25, -0.2) is 0 Å². The van der Waals surface area contributed by atoms with Gasteiger partial charge in [0.15, 0.2) is 0 Å². The molecule has 1 unspecified atom stereocenters. The van der Waals surface area contributed by atoms with Crippen molar-refractivity contribution in [3.63, 3.8) is 0 Å². The van der Waals surface area contributed by atoms with Gasteiger partial charge >= 0.3 is 0 Å². The van der Waals surface area contributed by atoms with Gasteiger partial charge in [0.25, 0.3) is 0 Å². The molecule has 1 aliphatic carbocycles. The van der Waals surface area contributed by atoms with Crippen LogP contribution in [0.15, 0.2) is 29.0 Å². The molecule has 0 bridgehead atoms. The zero-order chi connectivity index (χ0) is 18.5. The van der Waals surface area contributed by atoms with Gasteiger partial charge in [-0.2, -0.15) is 0 Å². The lowest BCUT2D eigenvalue weighted by Gasteiger charge is -2.32. The Morgan fingerprint density at radius 2 is 1.93 bits per heavy atom. The van der Waals surface area contributed by atoms with Gasteiger partial charge in [-0.15, -0.1) is 0 Å². The number of hydrogen-bond donors (Lipinski definition) is 2. The van der Waals surface area contributed by atoms with Gasteiger partial charge in [0.05, 0.1) is 16.2 Å². The van der Waals surface area contributed by atoms with Crippen molar-refractivity contribution in [1.82, 2.24) is 15.3 Å². The zero-order valence-corrected chi connectivity index (χ0v) is 17.8. The maximum atomic E-state index is 6.67. The molecule has 3 nitrogen and oxygen atoms in total. The lowest BCUT2D eigenvalue weighted by molar-refractivity contribution is 0.339. The second-order valence-electron chi connectivity index (χ2n) is 7.92. The van der Waals surface area contributed by atoms with Crippen LogP contribution in [0.2, 0.25) is 5.02 Å². The molecule has 1 aliphatic heterocycles. The number of fused-ring (bicyclic) bond motifs is 4. The number of benzene rings is 1. The monoisotopic (exact) mass is 443 g/mol. The SMILES string of the molecule is Cc1c[nH]c2c(Cl)cc3c(c12)C(C1CCNCC1)c1ncc(Br)cc1CC3. The molecule has 2 aromatic heterocycles. The molecule has 5 rings (SSSR count). The van der Waals surface area contributed by atoms with Gasteiger partial charge in [-0.05, 0) is 102 Å². The summed E-state index contributed by atoms with van der Waals surface area (Å²) < 4.78 is 1.07. The first-order valence-electron chi connectivity index (χ1n) is 9.77. The molecule has 1 atom stereocenters. The number of aromatic amines is 1. The van der Waals surface area contributed by atoms with Crippen molar-refractivity contribution in [2.75, 3.05) is 13.1 Å². The van der Waals surface area contributed by atoms with Gasteiger partial charge in [0, 0.05) is 28.2 Å². The third-order valence-electron chi connectivity index (χ3n) is 6.32. The molecule has 2 N–H and O–H groups in total. The van der Waals surface area contributed by atoms with E-state index in [0.29, 0.717) is 11.8 Å². The molecule has 140 valence electrons. The molecule has 0 spiro atoms. The highest BCUT2D eigenvalue weighted by atomic mass is 79.9. The summed E-state index contributed by atoms with van der Waals surface area (Å²) >= 11 is 10.3. The van der Waals surface area contributed by atoms with Crippen LogP contribution in [0.4, 0.5) is 0 Å². The molecule has 0 saturated carbocycles. The fourth-order valence-corrected chi connectivity index (χ4v) is 5.76. The molecule has 1 aromatic carbocycles. The first-order valence-corrected chi connectivity index (χ1v) is 10.9. The number of nitrogens with one attached hydrogen (secondary N) is 2. The van der Waals surface area contributed by atoms with Crippen molar-refractivity contribution >= 4 is 38.4 Å². The topological polar surface area (TPSA) is 40.7 Å². The predicted molar refractivity (Wildman–Crippen MR) is 115 cm³/mol. The van der Waals surface area contributed by atoms with E-state index >= 15 is 0 Å². The first kappa shape index (κ1) is 17.7. The Morgan fingerprint density at radius 3 is 2.74 bits per heavy atom. The number of halogens is 2. The van der Waals surface area contributed by atoms with Crippen LogP contribution in [0.5, 0.6) is 0 Å². The molecular weight excluding hydrogens is 422 g/mol. The molecule has 0 amide bonds. The van der Waals surface area contributed by atoms with E-state index in [1.807, 2.05) is 6.20 Å². The smallest absolute Gasteiger partial charge is 0.0650 e. The number of pyridine rings is 1. The quantitative estimate of drug-likeness (QED) is 0.519. The maximum Gasteiger partial charge on any atom is 0.0650 e. The number of aromatic nitrogens is 2. The van der Waals surface area contributed by atoms with Crippen LogP contribution in [0.3, 0.4) is 0 Å². The van der Waals surface area contributed by atoms with Gasteiger partial charge in [0.2, 0.25) is 0 Å². The first-order chi connectivity index (χ1) is 13.1. The van der Waals surface area contributed by atoms with Crippen molar-refractivity contribution in [3.05, 3.63) is 62.0 Å².